The maximum absolute atomic E-state index is 12.9. The van der Waals surface area contributed by atoms with Crippen molar-refractivity contribution in [1.29, 1.82) is 0 Å². The molecule has 1 aliphatic rings. The van der Waals surface area contributed by atoms with Crippen LogP contribution < -0.4 is 4.90 Å². The number of piperidine rings is 1. The minimum atomic E-state index is -3.55. The summed E-state index contributed by atoms with van der Waals surface area (Å²) >= 11 is 0. The number of carbonyl (C=O) groups excluding carboxylic acids is 1. The molecule has 1 aromatic heterocycles. The van der Waals surface area contributed by atoms with Crippen molar-refractivity contribution in [3.8, 4) is 0 Å². The molecule has 0 unspecified atom stereocenters. The lowest BCUT2D eigenvalue weighted by Crippen LogP contribution is -2.35. The highest BCUT2D eigenvalue weighted by Crippen LogP contribution is 2.24. The van der Waals surface area contributed by atoms with Gasteiger partial charge in [-0.2, -0.15) is 4.31 Å². The summed E-state index contributed by atoms with van der Waals surface area (Å²) in [6.07, 6.45) is 4.36. The molecular weight excluding hydrogens is 350 g/mol. The maximum Gasteiger partial charge on any atom is 0.274 e. The van der Waals surface area contributed by atoms with Gasteiger partial charge in [0.2, 0.25) is 10.0 Å². The Labute approximate surface area is 155 Å². The molecule has 0 atom stereocenters. The van der Waals surface area contributed by atoms with Gasteiger partial charge >= 0.3 is 0 Å². The largest absolute Gasteiger partial charge is 0.345 e. The lowest BCUT2D eigenvalue weighted by atomic mass is 10.2. The molecule has 3 rings (SSSR count). The molecule has 26 heavy (non-hydrogen) atoms. The molecule has 0 aliphatic carbocycles. The molecule has 1 aliphatic heterocycles. The van der Waals surface area contributed by atoms with Crippen LogP contribution in [0.15, 0.2) is 41.4 Å². The number of hydrogen-bond donors (Lipinski definition) is 0. The zero-order chi connectivity index (χ0) is 18.9. The van der Waals surface area contributed by atoms with E-state index in [0.29, 0.717) is 18.8 Å². The van der Waals surface area contributed by atoms with Crippen molar-refractivity contribution in [3.63, 3.8) is 0 Å². The first kappa shape index (κ1) is 18.7. The van der Waals surface area contributed by atoms with Gasteiger partial charge in [-0.1, -0.05) is 18.6 Å². The van der Waals surface area contributed by atoms with E-state index in [1.807, 2.05) is 31.2 Å². The van der Waals surface area contributed by atoms with Gasteiger partial charge in [-0.15, -0.1) is 0 Å². The predicted molar refractivity (Wildman–Crippen MR) is 102 cm³/mol. The van der Waals surface area contributed by atoms with Gasteiger partial charge in [-0.3, -0.25) is 4.79 Å². The van der Waals surface area contributed by atoms with Gasteiger partial charge in [0.05, 0.1) is 0 Å². The Morgan fingerprint density at radius 1 is 1.12 bits per heavy atom. The molecule has 7 heteroatoms. The second-order valence-electron chi connectivity index (χ2n) is 6.84. The van der Waals surface area contributed by atoms with Gasteiger partial charge in [0.1, 0.15) is 10.6 Å². The van der Waals surface area contributed by atoms with Crippen molar-refractivity contribution in [3.05, 3.63) is 47.8 Å². The summed E-state index contributed by atoms with van der Waals surface area (Å²) in [5.74, 6) is -0.238. The summed E-state index contributed by atoms with van der Waals surface area (Å²) < 4.78 is 28.8. The van der Waals surface area contributed by atoms with E-state index in [1.165, 1.54) is 16.6 Å². The van der Waals surface area contributed by atoms with Crippen LogP contribution in [-0.4, -0.2) is 43.3 Å². The van der Waals surface area contributed by atoms with E-state index < -0.39 is 10.0 Å². The normalized spacial score (nSPS) is 15.8. The topological polar surface area (TPSA) is 62.6 Å². The first-order chi connectivity index (χ1) is 12.3. The first-order valence-corrected chi connectivity index (χ1v) is 10.3. The van der Waals surface area contributed by atoms with Crippen LogP contribution in [0.4, 0.5) is 5.69 Å². The molecule has 0 saturated carbocycles. The third kappa shape index (κ3) is 3.54. The Morgan fingerprint density at radius 2 is 1.81 bits per heavy atom. The second kappa shape index (κ2) is 7.25. The molecule has 140 valence electrons. The van der Waals surface area contributed by atoms with Crippen molar-refractivity contribution in [1.82, 2.24) is 8.87 Å². The summed E-state index contributed by atoms with van der Waals surface area (Å²) in [5, 5.41) is 0. The lowest BCUT2D eigenvalue weighted by Gasteiger charge is -2.25. The number of anilines is 1. The Balaban J connectivity index is 1.89. The summed E-state index contributed by atoms with van der Waals surface area (Å²) in [7, 11) is -0.154. The predicted octanol–water partition coefficient (Wildman–Crippen LogP) is 2.78. The van der Waals surface area contributed by atoms with Crippen molar-refractivity contribution in [2.24, 2.45) is 7.05 Å². The second-order valence-corrected chi connectivity index (χ2v) is 8.78. The maximum atomic E-state index is 12.9. The average molecular weight is 375 g/mol. The summed E-state index contributed by atoms with van der Waals surface area (Å²) in [5.41, 5.74) is 2.18. The van der Waals surface area contributed by atoms with E-state index in [4.69, 9.17) is 0 Å². The van der Waals surface area contributed by atoms with Crippen molar-refractivity contribution in [2.45, 2.75) is 31.1 Å². The van der Waals surface area contributed by atoms with Crippen LogP contribution in [0.3, 0.4) is 0 Å². The Bertz CT molecular complexity index is 912. The van der Waals surface area contributed by atoms with E-state index in [2.05, 4.69) is 0 Å². The molecule has 1 amide bonds. The zero-order valence-corrected chi connectivity index (χ0v) is 16.3. The van der Waals surface area contributed by atoms with E-state index >= 15 is 0 Å². The third-order valence-electron chi connectivity index (χ3n) is 4.85. The van der Waals surface area contributed by atoms with Crippen LogP contribution >= 0.6 is 0 Å². The highest BCUT2D eigenvalue weighted by molar-refractivity contribution is 7.89. The summed E-state index contributed by atoms with van der Waals surface area (Å²) in [6, 6.07) is 9.13. The number of rotatable bonds is 4. The number of sulfonamides is 1. The molecule has 6 nitrogen and oxygen atoms in total. The van der Waals surface area contributed by atoms with E-state index in [0.717, 1.165) is 30.5 Å². The van der Waals surface area contributed by atoms with Gasteiger partial charge < -0.3 is 9.47 Å². The van der Waals surface area contributed by atoms with Crippen LogP contribution in [0.1, 0.15) is 35.3 Å². The molecule has 0 spiro atoms. The summed E-state index contributed by atoms with van der Waals surface area (Å²) in [4.78, 5) is 14.6. The van der Waals surface area contributed by atoms with Gasteiger partial charge in [0, 0.05) is 39.1 Å². The van der Waals surface area contributed by atoms with Gasteiger partial charge in [0.15, 0.2) is 0 Å². The van der Waals surface area contributed by atoms with E-state index in [-0.39, 0.29) is 10.8 Å². The molecule has 2 heterocycles. The number of carbonyl (C=O) groups is 1. The van der Waals surface area contributed by atoms with Crippen LogP contribution in [0, 0.1) is 6.92 Å². The van der Waals surface area contributed by atoms with Crippen LogP contribution in [0.25, 0.3) is 0 Å². The van der Waals surface area contributed by atoms with Gasteiger partial charge in [-0.05, 0) is 43.5 Å². The number of aromatic nitrogens is 1. The van der Waals surface area contributed by atoms with Crippen LogP contribution in [0.5, 0.6) is 0 Å². The minimum Gasteiger partial charge on any atom is -0.345 e. The van der Waals surface area contributed by atoms with Crippen molar-refractivity contribution < 1.29 is 13.2 Å². The van der Waals surface area contributed by atoms with E-state index in [9.17, 15) is 13.2 Å². The smallest absolute Gasteiger partial charge is 0.274 e. The Kier molecular flexibility index (Phi) is 5.20. The van der Waals surface area contributed by atoms with Crippen LogP contribution in [0.2, 0.25) is 0 Å². The van der Waals surface area contributed by atoms with Crippen molar-refractivity contribution in [2.75, 3.05) is 25.0 Å². The summed E-state index contributed by atoms with van der Waals surface area (Å²) in [6.45, 7) is 3.06. The van der Waals surface area contributed by atoms with Gasteiger partial charge in [0.25, 0.3) is 5.91 Å². The van der Waals surface area contributed by atoms with E-state index in [1.54, 1.807) is 23.6 Å². The highest BCUT2D eigenvalue weighted by atomic mass is 32.2. The Morgan fingerprint density at radius 3 is 2.46 bits per heavy atom. The quantitative estimate of drug-likeness (QED) is 0.825. The fourth-order valence-corrected chi connectivity index (χ4v) is 4.86. The SMILES string of the molecule is Cc1cccc(N(C)C(=O)c2cc(S(=O)(=O)N3CCCCC3)cn2C)c1. The standard InChI is InChI=1S/C19H25N3O3S/c1-15-8-7-9-16(12-15)21(3)19(23)18-13-17(14-20(18)2)26(24,25)22-10-5-4-6-11-22/h7-9,12-14H,4-6,10-11H2,1-3H3. The van der Waals surface area contributed by atoms with Crippen LogP contribution in [-0.2, 0) is 17.1 Å². The molecular formula is C19H25N3O3S. The fourth-order valence-electron chi connectivity index (χ4n) is 3.27. The molecule has 1 saturated heterocycles. The number of benzene rings is 1. The molecule has 1 fully saturated rings. The molecule has 1 aromatic carbocycles. The average Bonchev–Trinajstić information content (AvgIpc) is 3.03. The van der Waals surface area contributed by atoms with Crippen molar-refractivity contribution >= 4 is 21.6 Å². The molecule has 0 bridgehead atoms. The monoisotopic (exact) mass is 375 g/mol. The fraction of sp³-hybridized carbons (Fsp3) is 0.421. The molecule has 2 aromatic rings. The first-order valence-electron chi connectivity index (χ1n) is 8.82. The number of aryl methyl sites for hydroxylation is 2. The molecule has 0 N–H and O–H groups in total. The molecule has 0 radical (unpaired) electrons. The minimum absolute atomic E-state index is 0.183. The highest BCUT2D eigenvalue weighted by Gasteiger charge is 2.29. The lowest BCUT2D eigenvalue weighted by molar-refractivity contribution is 0.0985. The number of amides is 1. The number of hydrogen-bond acceptors (Lipinski definition) is 3. The number of nitrogens with zero attached hydrogens (tertiary/aromatic N) is 3. The Hall–Kier alpha value is -2.12. The third-order valence-corrected chi connectivity index (χ3v) is 6.71. The zero-order valence-electron chi connectivity index (χ0n) is 15.5. The van der Waals surface area contributed by atoms with Gasteiger partial charge in [-0.25, -0.2) is 8.42 Å².